The van der Waals surface area contributed by atoms with Crippen LogP contribution in [0.1, 0.15) is 51.4 Å². The molecule has 3 rings (SSSR count). The molecule has 6 nitrogen and oxygen atoms in total. The lowest BCUT2D eigenvalue weighted by molar-refractivity contribution is 0.0920. The van der Waals surface area contributed by atoms with E-state index in [2.05, 4.69) is 20.6 Å². The molecule has 0 unspecified atom stereocenters. The topological polar surface area (TPSA) is 80.0 Å². The second-order valence-electron chi connectivity index (χ2n) is 5.81. The Morgan fingerprint density at radius 3 is 2.96 bits per heavy atom. The first-order valence-corrected chi connectivity index (χ1v) is 8.01. The molecule has 0 bridgehead atoms. The third kappa shape index (κ3) is 3.12. The summed E-state index contributed by atoms with van der Waals surface area (Å²) in [4.78, 5) is 21.1. The van der Waals surface area contributed by atoms with E-state index in [1.807, 2.05) is 20.0 Å². The molecule has 23 heavy (non-hydrogen) atoms. The van der Waals surface area contributed by atoms with E-state index < -0.39 is 0 Å². The van der Waals surface area contributed by atoms with Gasteiger partial charge in [0.25, 0.3) is 5.91 Å². The van der Waals surface area contributed by atoms with Crippen molar-refractivity contribution in [1.29, 1.82) is 0 Å². The molecule has 2 aromatic heterocycles. The molecule has 0 saturated carbocycles. The van der Waals surface area contributed by atoms with Crippen LogP contribution in [0, 0.1) is 13.8 Å². The number of aryl methyl sites for hydroxylation is 3. The van der Waals surface area contributed by atoms with Gasteiger partial charge in [0, 0.05) is 31.4 Å². The first kappa shape index (κ1) is 15.7. The van der Waals surface area contributed by atoms with Crippen molar-refractivity contribution < 1.29 is 9.21 Å². The molecule has 0 radical (unpaired) electrons. The molecule has 0 atom stereocenters. The Morgan fingerprint density at radius 2 is 2.22 bits per heavy atom. The third-order valence-corrected chi connectivity index (χ3v) is 4.25. The number of fused-ring (bicyclic) bond motifs is 1. The Bertz CT molecular complexity index is 736. The first-order valence-electron chi connectivity index (χ1n) is 8.01. The summed E-state index contributed by atoms with van der Waals surface area (Å²) in [5.74, 6) is 0.674. The fraction of sp³-hybridized carbons (Fsp3) is 0.471. The van der Waals surface area contributed by atoms with Gasteiger partial charge in [-0.25, -0.2) is 4.98 Å². The number of carbonyl (C=O) groups is 1. The van der Waals surface area contributed by atoms with Crippen LogP contribution in [0.3, 0.4) is 0 Å². The van der Waals surface area contributed by atoms with Crippen molar-refractivity contribution in [3.63, 3.8) is 0 Å². The zero-order chi connectivity index (χ0) is 16.4. The molecule has 2 N–H and O–H groups in total. The van der Waals surface area contributed by atoms with E-state index in [0.717, 1.165) is 30.8 Å². The highest BCUT2D eigenvalue weighted by molar-refractivity contribution is 5.92. The van der Waals surface area contributed by atoms with Crippen LogP contribution in [0.2, 0.25) is 0 Å². The van der Waals surface area contributed by atoms with Gasteiger partial charge in [0.2, 0.25) is 5.76 Å². The SMILES string of the molecule is CCc1nc(C)c(C(=O)NCc2c(C)ncc3c2CCNC3)o1. The van der Waals surface area contributed by atoms with Crippen LogP contribution in [0.15, 0.2) is 10.6 Å². The highest BCUT2D eigenvalue weighted by Crippen LogP contribution is 2.20. The minimum atomic E-state index is -0.222. The van der Waals surface area contributed by atoms with Crippen molar-refractivity contribution >= 4 is 5.91 Å². The zero-order valence-electron chi connectivity index (χ0n) is 13.8. The van der Waals surface area contributed by atoms with Crippen molar-refractivity contribution in [2.24, 2.45) is 0 Å². The highest BCUT2D eigenvalue weighted by atomic mass is 16.4. The summed E-state index contributed by atoms with van der Waals surface area (Å²) in [5.41, 5.74) is 5.24. The van der Waals surface area contributed by atoms with Gasteiger partial charge in [0.1, 0.15) is 0 Å². The average molecular weight is 314 g/mol. The number of nitrogens with one attached hydrogen (secondary N) is 2. The zero-order valence-corrected chi connectivity index (χ0v) is 13.8. The Balaban J connectivity index is 1.78. The van der Waals surface area contributed by atoms with E-state index in [-0.39, 0.29) is 5.91 Å². The number of amides is 1. The molecule has 0 fully saturated rings. The first-order chi connectivity index (χ1) is 11.1. The summed E-state index contributed by atoms with van der Waals surface area (Å²) in [6.45, 7) is 7.98. The molecule has 0 saturated heterocycles. The van der Waals surface area contributed by atoms with Gasteiger partial charge >= 0.3 is 0 Å². The van der Waals surface area contributed by atoms with E-state index in [0.29, 0.717) is 30.3 Å². The lowest BCUT2D eigenvalue weighted by Gasteiger charge is -2.21. The van der Waals surface area contributed by atoms with E-state index in [9.17, 15) is 4.79 Å². The van der Waals surface area contributed by atoms with Crippen molar-refractivity contribution in [2.75, 3.05) is 6.54 Å². The number of hydrogen-bond donors (Lipinski definition) is 2. The average Bonchev–Trinajstić information content (AvgIpc) is 2.95. The molecule has 3 heterocycles. The summed E-state index contributed by atoms with van der Waals surface area (Å²) >= 11 is 0. The number of aromatic nitrogens is 2. The molecule has 0 aromatic carbocycles. The molecular weight excluding hydrogens is 292 g/mol. The number of nitrogens with zero attached hydrogens (tertiary/aromatic N) is 2. The van der Waals surface area contributed by atoms with Crippen LogP contribution in [0.5, 0.6) is 0 Å². The van der Waals surface area contributed by atoms with Gasteiger partial charge in [-0.05, 0) is 43.5 Å². The van der Waals surface area contributed by atoms with Crippen LogP contribution in [0.25, 0.3) is 0 Å². The largest absolute Gasteiger partial charge is 0.435 e. The maximum absolute atomic E-state index is 12.4. The molecule has 2 aromatic rings. The van der Waals surface area contributed by atoms with Crippen LogP contribution < -0.4 is 10.6 Å². The fourth-order valence-electron chi connectivity index (χ4n) is 2.94. The minimum Gasteiger partial charge on any atom is -0.435 e. The lowest BCUT2D eigenvalue weighted by Crippen LogP contribution is -2.29. The molecule has 0 spiro atoms. The summed E-state index contributed by atoms with van der Waals surface area (Å²) in [6.07, 6.45) is 3.57. The summed E-state index contributed by atoms with van der Waals surface area (Å²) in [5, 5.41) is 6.30. The van der Waals surface area contributed by atoms with Crippen molar-refractivity contribution in [3.05, 3.63) is 45.9 Å². The molecule has 1 aliphatic rings. The number of hydrogen-bond acceptors (Lipinski definition) is 5. The van der Waals surface area contributed by atoms with E-state index in [4.69, 9.17) is 4.42 Å². The molecule has 6 heteroatoms. The van der Waals surface area contributed by atoms with E-state index in [1.165, 1.54) is 11.1 Å². The molecule has 1 aliphatic heterocycles. The maximum atomic E-state index is 12.4. The monoisotopic (exact) mass is 314 g/mol. The van der Waals surface area contributed by atoms with Crippen molar-refractivity contribution in [3.8, 4) is 0 Å². The Morgan fingerprint density at radius 1 is 1.39 bits per heavy atom. The Kier molecular flexibility index (Phi) is 4.43. The van der Waals surface area contributed by atoms with Gasteiger partial charge in [-0.1, -0.05) is 6.92 Å². The number of carbonyl (C=O) groups excluding carboxylic acids is 1. The highest BCUT2D eigenvalue weighted by Gasteiger charge is 2.19. The second kappa shape index (κ2) is 6.50. The van der Waals surface area contributed by atoms with Crippen LogP contribution in [-0.4, -0.2) is 22.4 Å². The summed E-state index contributed by atoms with van der Waals surface area (Å²) in [7, 11) is 0. The lowest BCUT2D eigenvalue weighted by atomic mass is 9.96. The standard InChI is InChI=1S/C17H22N4O2/c1-4-15-21-11(3)16(23-15)17(22)20-9-14-10(2)19-8-12-7-18-6-5-13(12)14/h8,18H,4-7,9H2,1-3H3,(H,20,22). The number of pyridine rings is 1. The van der Waals surface area contributed by atoms with E-state index >= 15 is 0 Å². The van der Waals surface area contributed by atoms with Crippen molar-refractivity contribution in [2.45, 2.75) is 46.7 Å². The minimum absolute atomic E-state index is 0.222. The molecule has 122 valence electrons. The molecular formula is C17H22N4O2. The van der Waals surface area contributed by atoms with Crippen LogP contribution in [0.4, 0.5) is 0 Å². The normalized spacial score (nSPS) is 13.7. The predicted octanol–water partition coefficient (Wildman–Crippen LogP) is 1.82. The van der Waals surface area contributed by atoms with Gasteiger partial charge in [-0.15, -0.1) is 0 Å². The van der Waals surface area contributed by atoms with E-state index in [1.54, 1.807) is 6.92 Å². The molecule has 0 aliphatic carbocycles. The van der Waals surface area contributed by atoms with Gasteiger partial charge in [0.05, 0.1) is 5.69 Å². The Labute approximate surface area is 135 Å². The summed E-state index contributed by atoms with van der Waals surface area (Å²) in [6, 6.07) is 0. The maximum Gasteiger partial charge on any atom is 0.289 e. The second-order valence-corrected chi connectivity index (χ2v) is 5.81. The number of oxazole rings is 1. The number of rotatable bonds is 4. The summed E-state index contributed by atoms with van der Waals surface area (Å²) < 4.78 is 5.51. The quantitative estimate of drug-likeness (QED) is 0.900. The van der Waals surface area contributed by atoms with Gasteiger partial charge in [-0.3, -0.25) is 9.78 Å². The molecule has 1 amide bonds. The fourth-order valence-corrected chi connectivity index (χ4v) is 2.94. The van der Waals surface area contributed by atoms with Gasteiger partial charge in [0.15, 0.2) is 5.89 Å². The third-order valence-electron chi connectivity index (χ3n) is 4.25. The van der Waals surface area contributed by atoms with Gasteiger partial charge < -0.3 is 15.1 Å². The van der Waals surface area contributed by atoms with Crippen molar-refractivity contribution in [1.82, 2.24) is 20.6 Å². The smallest absolute Gasteiger partial charge is 0.289 e. The predicted molar refractivity (Wildman–Crippen MR) is 86.2 cm³/mol. The van der Waals surface area contributed by atoms with Gasteiger partial charge in [-0.2, -0.15) is 0 Å². The Hall–Kier alpha value is -2.21. The van der Waals surface area contributed by atoms with Crippen LogP contribution in [-0.2, 0) is 25.9 Å². The van der Waals surface area contributed by atoms with Crippen LogP contribution >= 0.6 is 0 Å².